The van der Waals surface area contributed by atoms with Crippen LogP contribution in [0.2, 0.25) is 0 Å². The van der Waals surface area contributed by atoms with E-state index in [1.807, 2.05) is 30.3 Å². The summed E-state index contributed by atoms with van der Waals surface area (Å²) in [6, 6.07) is 12.3. The van der Waals surface area contributed by atoms with E-state index < -0.39 is 0 Å². The van der Waals surface area contributed by atoms with Crippen LogP contribution in [0.1, 0.15) is 12.6 Å². The van der Waals surface area contributed by atoms with Crippen molar-refractivity contribution in [1.82, 2.24) is 14.8 Å². The van der Waals surface area contributed by atoms with E-state index in [9.17, 15) is 5.26 Å². The molecule has 1 aromatic heterocycles. The van der Waals surface area contributed by atoms with Crippen molar-refractivity contribution in [2.75, 3.05) is 45.1 Å². The highest BCUT2D eigenvalue weighted by Gasteiger charge is 2.16. The summed E-state index contributed by atoms with van der Waals surface area (Å²) in [5, 5.41) is 13.8. The van der Waals surface area contributed by atoms with Crippen molar-refractivity contribution in [1.29, 1.82) is 5.26 Å². The molecule has 1 aromatic carbocycles. The molecule has 3 rings (SSSR count). The van der Waals surface area contributed by atoms with Gasteiger partial charge in [0.2, 0.25) is 0 Å². The first-order valence-corrected chi connectivity index (χ1v) is 8.13. The maximum absolute atomic E-state index is 9.19. The average molecular weight is 309 g/mol. The standard InChI is InChI=1S/C18H23N5/c1-14(13-23-9-7-22(2)8-10-23)20-18-11-15(12-19)21-17-6-4-3-5-16(17)18/h3-6,11,14H,7-10,13H2,1-2H3,(H,20,21). The Labute approximate surface area is 137 Å². The van der Waals surface area contributed by atoms with E-state index in [-0.39, 0.29) is 0 Å². The number of benzene rings is 1. The fourth-order valence-corrected chi connectivity index (χ4v) is 3.08. The molecule has 0 spiro atoms. The Balaban J connectivity index is 1.74. The zero-order chi connectivity index (χ0) is 16.2. The second-order valence-corrected chi connectivity index (χ2v) is 6.33. The van der Waals surface area contributed by atoms with Crippen molar-refractivity contribution in [3.8, 4) is 6.07 Å². The van der Waals surface area contributed by atoms with Crippen LogP contribution in [0.4, 0.5) is 5.69 Å². The summed E-state index contributed by atoms with van der Waals surface area (Å²) >= 11 is 0. The molecule has 0 amide bonds. The summed E-state index contributed by atoms with van der Waals surface area (Å²) in [4.78, 5) is 9.23. The summed E-state index contributed by atoms with van der Waals surface area (Å²) in [6.45, 7) is 7.69. The lowest BCUT2D eigenvalue weighted by Crippen LogP contribution is -2.47. The van der Waals surface area contributed by atoms with Crippen LogP contribution >= 0.6 is 0 Å². The molecule has 1 saturated heterocycles. The maximum atomic E-state index is 9.19. The summed E-state index contributed by atoms with van der Waals surface area (Å²) < 4.78 is 0. The molecule has 5 nitrogen and oxygen atoms in total. The number of nitrogens with one attached hydrogen (secondary N) is 1. The van der Waals surface area contributed by atoms with E-state index in [2.05, 4.69) is 40.1 Å². The molecule has 120 valence electrons. The molecular formula is C18H23N5. The Bertz CT molecular complexity index is 713. The van der Waals surface area contributed by atoms with E-state index in [0.29, 0.717) is 11.7 Å². The highest BCUT2D eigenvalue weighted by molar-refractivity contribution is 5.91. The second-order valence-electron chi connectivity index (χ2n) is 6.33. The molecule has 2 aromatic rings. The minimum Gasteiger partial charge on any atom is -0.381 e. The number of fused-ring (bicyclic) bond motifs is 1. The second kappa shape index (κ2) is 6.95. The third kappa shape index (κ3) is 3.79. The number of pyridine rings is 1. The van der Waals surface area contributed by atoms with Gasteiger partial charge in [-0.1, -0.05) is 18.2 Å². The number of anilines is 1. The molecule has 0 bridgehead atoms. The largest absolute Gasteiger partial charge is 0.381 e. The molecule has 1 aliphatic rings. The van der Waals surface area contributed by atoms with Crippen molar-refractivity contribution >= 4 is 16.6 Å². The molecule has 1 fully saturated rings. The molecule has 1 N–H and O–H groups in total. The van der Waals surface area contributed by atoms with Gasteiger partial charge in [-0.05, 0) is 26.1 Å². The van der Waals surface area contributed by atoms with Gasteiger partial charge < -0.3 is 10.2 Å². The van der Waals surface area contributed by atoms with Crippen LogP contribution in [0.15, 0.2) is 30.3 Å². The minimum absolute atomic E-state index is 0.316. The van der Waals surface area contributed by atoms with Crippen molar-refractivity contribution in [2.24, 2.45) is 0 Å². The summed E-state index contributed by atoms with van der Waals surface area (Å²) in [5.41, 5.74) is 2.31. The van der Waals surface area contributed by atoms with E-state index in [4.69, 9.17) is 0 Å². The highest BCUT2D eigenvalue weighted by atomic mass is 15.3. The Morgan fingerprint density at radius 3 is 2.74 bits per heavy atom. The van der Waals surface area contributed by atoms with Gasteiger partial charge in [-0.3, -0.25) is 4.90 Å². The van der Waals surface area contributed by atoms with Gasteiger partial charge in [0.15, 0.2) is 0 Å². The van der Waals surface area contributed by atoms with Gasteiger partial charge in [0, 0.05) is 49.8 Å². The van der Waals surface area contributed by atoms with Gasteiger partial charge in [0.05, 0.1) is 5.52 Å². The van der Waals surface area contributed by atoms with E-state index in [1.54, 1.807) is 0 Å². The maximum Gasteiger partial charge on any atom is 0.143 e. The lowest BCUT2D eigenvalue weighted by Gasteiger charge is -2.34. The van der Waals surface area contributed by atoms with Gasteiger partial charge in [-0.15, -0.1) is 0 Å². The fraction of sp³-hybridized carbons (Fsp3) is 0.444. The highest BCUT2D eigenvalue weighted by Crippen LogP contribution is 2.23. The van der Waals surface area contributed by atoms with Gasteiger partial charge in [0.1, 0.15) is 11.8 Å². The van der Waals surface area contributed by atoms with Gasteiger partial charge >= 0.3 is 0 Å². The van der Waals surface area contributed by atoms with Crippen molar-refractivity contribution in [3.63, 3.8) is 0 Å². The van der Waals surface area contributed by atoms with Crippen LogP contribution in [0.25, 0.3) is 10.9 Å². The normalized spacial score (nSPS) is 17.8. The number of piperazine rings is 1. The van der Waals surface area contributed by atoms with Crippen LogP contribution in [-0.4, -0.2) is 60.6 Å². The van der Waals surface area contributed by atoms with Crippen LogP contribution in [0, 0.1) is 11.3 Å². The van der Waals surface area contributed by atoms with E-state index >= 15 is 0 Å². The predicted molar refractivity (Wildman–Crippen MR) is 93.5 cm³/mol. The van der Waals surface area contributed by atoms with Gasteiger partial charge in [0.25, 0.3) is 0 Å². The topological polar surface area (TPSA) is 55.2 Å². The average Bonchev–Trinajstić information content (AvgIpc) is 2.56. The minimum atomic E-state index is 0.316. The Morgan fingerprint density at radius 1 is 1.26 bits per heavy atom. The lowest BCUT2D eigenvalue weighted by atomic mass is 10.1. The zero-order valence-electron chi connectivity index (χ0n) is 13.8. The lowest BCUT2D eigenvalue weighted by molar-refractivity contribution is 0.151. The molecular weight excluding hydrogens is 286 g/mol. The van der Waals surface area contributed by atoms with Crippen LogP contribution in [0.5, 0.6) is 0 Å². The third-order valence-corrected chi connectivity index (χ3v) is 4.36. The molecule has 1 atom stereocenters. The number of aromatic nitrogens is 1. The number of likely N-dealkylation sites (N-methyl/N-ethyl adjacent to an activating group) is 1. The van der Waals surface area contributed by atoms with E-state index in [1.165, 1.54) is 0 Å². The predicted octanol–water partition coefficient (Wildman–Crippen LogP) is 2.15. The molecule has 5 heteroatoms. The monoisotopic (exact) mass is 309 g/mol. The van der Waals surface area contributed by atoms with Gasteiger partial charge in [-0.2, -0.15) is 5.26 Å². The molecule has 0 radical (unpaired) electrons. The number of hydrogen-bond donors (Lipinski definition) is 1. The van der Waals surface area contributed by atoms with Crippen LogP contribution < -0.4 is 5.32 Å². The number of rotatable bonds is 4. The Kier molecular flexibility index (Phi) is 4.75. The SMILES string of the molecule is CC(CN1CCN(C)CC1)Nc1cc(C#N)nc2ccccc12. The van der Waals surface area contributed by atoms with Crippen molar-refractivity contribution < 1.29 is 0 Å². The Hall–Kier alpha value is -2.16. The summed E-state index contributed by atoms with van der Waals surface area (Å²) in [6.07, 6.45) is 0. The third-order valence-electron chi connectivity index (χ3n) is 4.36. The first kappa shape index (κ1) is 15.7. The molecule has 0 saturated carbocycles. The molecule has 23 heavy (non-hydrogen) atoms. The summed E-state index contributed by atoms with van der Waals surface area (Å²) in [7, 11) is 2.17. The fourth-order valence-electron chi connectivity index (χ4n) is 3.08. The molecule has 2 heterocycles. The zero-order valence-corrected chi connectivity index (χ0v) is 13.8. The Morgan fingerprint density at radius 2 is 2.00 bits per heavy atom. The van der Waals surface area contributed by atoms with Gasteiger partial charge in [-0.25, -0.2) is 4.98 Å². The number of para-hydroxylation sites is 1. The van der Waals surface area contributed by atoms with Crippen LogP contribution in [0.3, 0.4) is 0 Å². The molecule has 1 unspecified atom stereocenters. The molecule has 0 aliphatic carbocycles. The smallest absolute Gasteiger partial charge is 0.143 e. The molecule has 1 aliphatic heterocycles. The first-order chi connectivity index (χ1) is 11.2. The first-order valence-electron chi connectivity index (χ1n) is 8.13. The number of hydrogen-bond acceptors (Lipinski definition) is 5. The van der Waals surface area contributed by atoms with Crippen LogP contribution in [-0.2, 0) is 0 Å². The van der Waals surface area contributed by atoms with Crippen molar-refractivity contribution in [2.45, 2.75) is 13.0 Å². The number of nitrogens with zero attached hydrogens (tertiary/aromatic N) is 4. The van der Waals surface area contributed by atoms with E-state index in [0.717, 1.165) is 49.3 Å². The summed E-state index contributed by atoms with van der Waals surface area (Å²) in [5.74, 6) is 0. The number of nitriles is 1. The quantitative estimate of drug-likeness (QED) is 0.938. The van der Waals surface area contributed by atoms with Crippen molar-refractivity contribution in [3.05, 3.63) is 36.0 Å².